The molecule has 2 heterocycles. The number of carbonyl (C=O) groups is 1. The molecule has 2 aromatic rings. The number of rotatable bonds is 3. The van der Waals surface area contributed by atoms with Gasteiger partial charge in [-0.15, -0.1) is 0 Å². The Morgan fingerprint density at radius 1 is 1.43 bits per heavy atom. The Morgan fingerprint density at radius 3 is 2.81 bits per heavy atom. The van der Waals surface area contributed by atoms with E-state index in [9.17, 15) is 14.3 Å². The monoisotopic (exact) mass is 291 g/mol. The van der Waals surface area contributed by atoms with Crippen LogP contribution < -0.4 is 0 Å². The Labute approximate surface area is 122 Å². The van der Waals surface area contributed by atoms with Crippen LogP contribution in [0.3, 0.4) is 0 Å². The molecule has 4 nitrogen and oxygen atoms in total. The van der Waals surface area contributed by atoms with Gasteiger partial charge in [0.2, 0.25) is 5.76 Å². The van der Waals surface area contributed by atoms with Crippen LogP contribution in [0.1, 0.15) is 35.9 Å². The average Bonchev–Trinajstić information content (AvgIpc) is 2.82. The van der Waals surface area contributed by atoms with E-state index in [1.165, 1.54) is 6.07 Å². The molecule has 112 valence electrons. The number of nitrogens with zero attached hydrogens (tertiary/aromatic N) is 1. The van der Waals surface area contributed by atoms with E-state index in [2.05, 4.69) is 11.8 Å². The Hall–Kier alpha value is -1.88. The fourth-order valence-electron chi connectivity index (χ4n) is 2.91. The first-order valence-corrected chi connectivity index (χ1v) is 7.22. The van der Waals surface area contributed by atoms with Gasteiger partial charge in [0, 0.05) is 17.5 Å². The zero-order valence-electron chi connectivity index (χ0n) is 11.9. The Morgan fingerprint density at radius 2 is 2.14 bits per heavy atom. The molecule has 21 heavy (non-hydrogen) atoms. The SMILES string of the molecule is CC1CCN(Cc2c(C(=O)O)oc3c(F)cccc23)CC1. The molecule has 0 unspecified atom stereocenters. The van der Waals surface area contributed by atoms with Gasteiger partial charge in [-0.05, 0) is 37.9 Å². The molecule has 1 aromatic heterocycles. The number of para-hydroxylation sites is 1. The van der Waals surface area contributed by atoms with Crippen molar-refractivity contribution in [3.05, 3.63) is 35.3 Å². The number of piperidine rings is 1. The van der Waals surface area contributed by atoms with E-state index in [0.717, 1.165) is 25.9 Å². The molecule has 1 aliphatic heterocycles. The molecule has 1 aromatic carbocycles. The largest absolute Gasteiger partial charge is 0.475 e. The predicted octanol–water partition coefficient (Wildman–Crippen LogP) is 3.50. The first-order chi connectivity index (χ1) is 10.1. The summed E-state index contributed by atoms with van der Waals surface area (Å²) in [5.74, 6) is -1.10. The molecule has 5 heteroatoms. The van der Waals surface area contributed by atoms with Crippen molar-refractivity contribution in [2.45, 2.75) is 26.3 Å². The second kappa shape index (κ2) is 5.48. The van der Waals surface area contributed by atoms with E-state index in [1.807, 2.05) is 0 Å². The van der Waals surface area contributed by atoms with Crippen molar-refractivity contribution in [3.63, 3.8) is 0 Å². The zero-order chi connectivity index (χ0) is 15.0. The van der Waals surface area contributed by atoms with Gasteiger partial charge in [0.15, 0.2) is 11.4 Å². The van der Waals surface area contributed by atoms with E-state index < -0.39 is 11.8 Å². The third-order valence-corrected chi connectivity index (χ3v) is 4.22. The molecule has 0 atom stereocenters. The number of furan rings is 1. The van der Waals surface area contributed by atoms with Crippen LogP contribution in [-0.2, 0) is 6.54 Å². The van der Waals surface area contributed by atoms with Crippen LogP contribution in [0.25, 0.3) is 11.0 Å². The molecule has 0 aliphatic carbocycles. The highest BCUT2D eigenvalue weighted by Crippen LogP contribution is 2.30. The summed E-state index contributed by atoms with van der Waals surface area (Å²) < 4.78 is 19.0. The topological polar surface area (TPSA) is 53.7 Å². The molecule has 0 amide bonds. The maximum absolute atomic E-state index is 13.8. The summed E-state index contributed by atoms with van der Waals surface area (Å²) in [6.07, 6.45) is 2.21. The summed E-state index contributed by atoms with van der Waals surface area (Å²) in [6.45, 7) is 4.58. The zero-order valence-corrected chi connectivity index (χ0v) is 11.9. The van der Waals surface area contributed by atoms with Gasteiger partial charge < -0.3 is 9.52 Å². The average molecular weight is 291 g/mol. The van der Waals surface area contributed by atoms with Crippen molar-refractivity contribution < 1.29 is 18.7 Å². The molecule has 0 saturated carbocycles. The van der Waals surface area contributed by atoms with E-state index in [1.54, 1.807) is 12.1 Å². The predicted molar refractivity (Wildman–Crippen MR) is 76.8 cm³/mol. The summed E-state index contributed by atoms with van der Waals surface area (Å²) in [7, 11) is 0. The fraction of sp³-hybridized carbons (Fsp3) is 0.438. The number of halogens is 1. The van der Waals surface area contributed by atoms with Crippen molar-refractivity contribution in [2.75, 3.05) is 13.1 Å². The normalized spacial score (nSPS) is 17.4. The molecule has 0 radical (unpaired) electrons. The van der Waals surface area contributed by atoms with Crippen molar-refractivity contribution >= 4 is 16.9 Å². The van der Waals surface area contributed by atoms with Crippen LogP contribution in [0.2, 0.25) is 0 Å². The maximum Gasteiger partial charge on any atom is 0.372 e. The molecular formula is C16H18FNO3. The highest BCUT2D eigenvalue weighted by Gasteiger charge is 2.25. The maximum atomic E-state index is 13.8. The van der Waals surface area contributed by atoms with E-state index >= 15 is 0 Å². The lowest BCUT2D eigenvalue weighted by Crippen LogP contribution is -2.32. The second-order valence-corrected chi connectivity index (χ2v) is 5.79. The van der Waals surface area contributed by atoms with Crippen LogP contribution in [0.4, 0.5) is 4.39 Å². The van der Waals surface area contributed by atoms with Gasteiger partial charge in [-0.1, -0.05) is 19.1 Å². The van der Waals surface area contributed by atoms with Crippen LogP contribution in [0.15, 0.2) is 22.6 Å². The quantitative estimate of drug-likeness (QED) is 0.940. The number of hydrogen-bond donors (Lipinski definition) is 1. The van der Waals surface area contributed by atoms with Gasteiger partial charge in [0.1, 0.15) is 0 Å². The standard InChI is InChI=1S/C16H18FNO3/c1-10-5-7-18(8-6-10)9-12-11-3-2-4-13(17)14(11)21-15(12)16(19)20/h2-4,10H,5-9H2,1H3,(H,19,20). The summed E-state index contributed by atoms with van der Waals surface area (Å²) in [4.78, 5) is 13.6. The Bertz CT molecular complexity index is 671. The number of hydrogen-bond acceptors (Lipinski definition) is 3. The summed E-state index contributed by atoms with van der Waals surface area (Å²) >= 11 is 0. The number of carboxylic acids is 1. The molecule has 1 fully saturated rings. The fourth-order valence-corrected chi connectivity index (χ4v) is 2.91. The van der Waals surface area contributed by atoms with Crippen molar-refractivity contribution in [2.24, 2.45) is 5.92 Å². The van der Waals surface area contributed by atoms with Crippen LogP contribution >= 0.6 is 0 Å². The number of carboxylic acid groups (broad SMARTS) is 1. The molecule has 1 aliphatic rings. The molecular weight excluding hydrogens is 273 g/mol. The van der Waals surface area contributed by atoms with Crippen molar-refractivity contribution in [1.82, 2.24) is 4.90 Å². The van der Waals surface area contributed by atoms with Crippen molar-refractivity contribution in [3.8, 4) is 0 Å². The van der Waals surface area contributed by atoms with Crippen LogP contribution in [0.5, 0.6) is 0 Å². The molecule has 1 saturated heterocycles. The lowest BCUT2D eigenvalue weighted by Gasteiger charge is -2.29. The minimum absolute atomic E-state index is 0.0373. The van der Waals surface area contributed by atoms with Gasteiger partial charge in [-0.3, -0.25) is 4.90 Å². The van der Waals surface area contributed by atoms with E-state index in [0.29, 0.717) is 23.4 Å². The Balaban J connectivity index is 1.98. The molecule has 0 spiro atoms. The van der Waals surface area contributed by atoms with Gasteiger partial charge in [-0.25, -0.2) is 9.18 Å². The number of benzene rings is 1. The molecule has 1 N–H and O–H groups in total. The number of fused-ring (bicyclic) bond motifs is 1. The minimum atomic E-state index is -1.15. The molecule has 0 bridgehead atoms. The third kappa shape index (κ3) is 2.65. The lowest BCUT2D eigenvalue weighted by atomic mass is 9.98. The summed E-state index contributed by atoms with van der Waals surface area (Å²) in [6, 6.07) is 4.58. The first-order valence-electron chi connectivity index (χ1n) is 7.22. The molecule has 3 rings (SSSR count). The van der Waals surface area contributed by atoms with E-state index in [-0.39, 0.29) is 11.3 Å². The Kier molecular flexibility index (Phi) is 3.68. The number of likely N-dealkylation sites (tertiary alicyclic amines) is 1. The van der Waals surface area contributed by atoms with Crippen LogP contribution in [-0.4, -0.2) is 29.1 Å². The third-order valence-electron chi connectivity index (χ3n) is 4.22. The van der Waals surface area contributed by atoms with Crippen molar-refractivity contribution in [1.29, 1.82) is 0 Å². The van der Waals surface area contributed by atoms with E-state index in [4.69, 9.17) is 4.42 Å². The highest BCUT2D eigenvalue weighted by molar-refractivity contribution is 5.95. The van der Waals surface area contributed by atoms with Crippen LogP contribution in [0, 0.1) is 11.7 Å². The highest BCUT2D eigenvalue weighted by atomic mass is 19.1. The number of aromatic carboxylic acids is 1. The van der Waals surface area contributed by atoms with Gasteiger partial charge in [0.25, 0.3) is 0 Å². The summed E-state index contributed by atoms with van der Waals surface area (Å²) in [5.41, 5.74) is 0.613. The van der Waals surface area contributed by atoms with Gasteiger partial charge in [0.05, 0.1) is 0 Å². The van der Waals surface area contributed by atoms with Gasteiger partial charge in [-0.2, -0.15) is 0 Å². The second-order valence-electron chi connectivity index (χ2n) is 5.79. The summed E-state index contributed by atoms with van der Waals surface area (Å²) in [5, 5.41) is 9.86. The minimum Gasteiger partial charge on any atom is -0.475 e. The lowest BCUT2D eigenvalue weighted by molar-refractivity contribution is 0.0660. The van der Waals surface area contributed by atoms with Gasteiger partial charge >= 0.3 is 5.97 Å². The first kappa shape index (κ1) is 14.1. The smallest absolute Gasteiger partial charge is 0.372 e.